The van der Waals surface area contributed by atoms with E-state index in [0.717, 1.165) is 6.26 Å². The molecule has 2 heterocycles. The number of anilines is 2. The topological polar surface area (TPSA) is 94.2 Å². The molecule has 8 nitrogen and oxygen atoms in total. The van der Waals surface area contributed by atoms with E-state index in [4.69, 9.17) is 14.2 Å². The minimum absolute atomic E-state index is 0.138. The highest BCUT2D eigenvalue weighted by Gasteiger charge is 2.25. The standard InChI is InChI=1S/C17H16N2O6S/c1-26(21,22)19-6-7-23-15-9-12(3-4-13(15)19)18-17(20)11-2-5-14-16(8-11)25-10-24-14/h2-5,8-9H,6-7,10H2,1H3,(H,18,20). The van der Waals surface area contributed by atoms with E-state index in [-0.39, 0.29) is 25.9 Å². The summed E-state index contributed by atoms with van der Waals surface area (Å²) in [5.41, 5.74) is 1.38. The lowest BCUT2D eigenvalue weighted by molar-refractivity contribution is 0.102. The van der Waals surface area contributed by atoms with Gasteiger partial charge in [0.25, 0.3) is 5.91 Å². The summed E-state index contributed by atoms with van der Waals surface area (Å²) in [5, 5.41) is 2.77. The molecule has 2 aromatic carbocycles. The maximum Gasteiger partial charge on any atom is 0.255 e. The van der Waals surface area contributed by atoms with Gasteiger partial charge < -0.3 is 19.5 Å². The van der Waals surface area contributed by atoms with Gasteiger partial charge in [0.1, 0.15) is 12.4 Å². The molecule has 1 N–H and O–H groups in total. The third-order valence-corrected chi connectivity index (χ3v) is 5.25. The van der Waals surface area contributed by atoms with Crippen LogP contribution in [0.4, 0.5) is 11.4 Å². The van der Waals surface area contributed by atoms with Crippen LogP contribution in [0.3, 0.4) is 0 Å². The van der Waals surface area contributed by atoms with Crippen LogP contribution < -0.4 is 23.8 Å². The maximum atomic E-state index is 12.5. The number of hydrogen-bond acceptors (Lipinski definition) is 6. The van der Waals surface area contributed by atoms with Gasteiger partial charge in [0.15, 0.2) is 11.5 Å². The fourth-order valence-electron chi connectivity index (χ4n) is 2.86. The molecular weight excluding hydrogens is 360 g/mol. The number of carbonyl (C=O) groups excluding carboxylic acids is 1. The number of rotatable bonds is 3. The molecule has 136 valence electrons. The lowest BCUT2D eigenvalue weighted by Gasteiger charge is -2.29. The van der Waals surface area contributed by atoms with Crippen LogP contribution in [0, 0.1) is 0 Å². The second kappa shape index (κ2) is 6.10. The molecule has 0 radical (unpaired) electrons. The summed E-state index contributed by atoms with van der Waals surface area (Å²) < 4.78 is 41.1. The molecule has 4 rings (SSSR count). The second-order valence-corrected chi connectivity index (χ2v) is 7.80. The Morgan fingerprint density at radius 3 is 2.65 bits per heavy atom. The molecule has 2 aliphatic rings. The first kappa shape index (κ1) is 16.5. The van der Waals surface area contributed by atoms with Crippen LogP contribution in [0.1, 0.15) is 10.4 Å². The summed E-state index contributed by atoms with van der Waals surface area (Å²) in [5.74, 6) is 1.21. The monoisotopic (exact) mass is 376 g/mol. The Labute approximate surface area is 150 Å². The molecule has 0 fully saturated rings. The Hall–Kier alpha value is -2.94. The Bertz CT molecular complexity index is 989. The van der Waals surface area contributed by atoms with Crippen LogP contribution in [0.5, 0.6) is 17.2 Å². The molecule has 0 saturated heterocycles. The average molecular weight is 376 g/mol. The van der Waals surface area contributed by atoms with E-state index < -0.39 is 10.0 Å². The minimum Gasteiger partial charge on any atom is -0.489 e. The van der Waals surface area contributed by atoms with E-state index in [0.29, 0.717) is 34.2 Å². The summed E-state index contributed by atoms with van der Waals surface area (Å²) in [6.45, 7) is 0.647. The summed E-state index contributed by atoms with van der Waals surface area (Å²) in [4.78, 5) is 12.5. The zero-order valence-electron chi connectivity index (χ0n) is 13.9. The number of sulfonamides is 1. The largest absolute Gasteiger partial charge is 0.489 e. The Kier molecular flexibility index (Phi) is 3.87. The van der Waals surface area contributed by atoms with Gasteiger partial charge in [-0.25, -0.2) is 8.42 Å². The van der Waals surface area contributed by atoms with E-state index >= 15 is 0 Å². The van der Waals surface area contributed by atoms with Crippen molar-refractivity contribution in [1.29, 1.82) is 0 Å². The molecule has 2 aromatic rings. The molecule has 0 saturated carbocycles. The number of nitrogens with zero attached hydrogens (tertiary/aromatic N) is 1. The van der Waals surface area contributed by atoms with Gasteiger partial charge in [0.2, 0.25) is 16.8 Å². The van der Waals surface area contributed by atoms with Gasteiger partial charge in [-0.2, -0.15) is 0 Å². The van der Waals surface area contributed by atoms with Crippen LogP contribution in [0.15, 0.2) is 36.4 Å². The van der Waals surface area contributed by atoms with Gasteiger partial charge in [-0.1, -0.05) is 0 Å². The first-order chi connectivity index (χ1) is 12.4. The molecule has 0 aromatic heterocycles. The number of fused-ring (bicyclic) bond motifs is 2. The smallest absolute Gasteiger partial charge is 0.255 e. The number of carbonyl (C=O) groups is 1. The third-order valence-electron chi connectivity index (χ3n) is 4.07. The van der Waals surface area contributed by atoms with E-state index in [1.807, 2.05) is 0 Å². The zero-order chi connectivity index (χ0) is 18.3. The van der Waals surface area contributed by atoms with Gasteiger partial charge in [0, 0.05) is 17.3 Å². The lowest BCUT2D eigenvalue weighted by atomic mass is 10.1. The number of hydrogen-bond donors (Lipinski definition) is 1. The summed E-state index contributed by atoms with van der Waals surface area (Å²) in [6.07, 6.45) is 1.15. The van der Waals surface area contributed by atoms with Crippen molar-refractivity contribution in [3.8, 4) is 17.2 Å². The first-order valence-electron chi connectivity index (χ1n) is 7.87. The van der Waals surface area contributed by atoms with Gasteiger partial charge in [-0.05, 0) is 30.3 Å². The predicted octanol–water partition coefficient (Wildman–Crippen LogP) is 1.83. The molecular formula is C17H16N2O6S. The van der Waals surface area contributed by atoms with Crippen molar-refractivity contribution in [2.24, 2.45) is 0 Å². The number of nitrogens with one attached hydrogen (secondary N) is 1. The van der Waals surface area contributed by atoms with Crippen LogP contribution >= 0.6 is 0 Å². The van der Waals surface area contributed by atoms with Crippen LogP contribution in [-0.4, -0.2) is 40.5 Å². The van der Waals surface area contributed by atoms with Crippen molar-refractivity contribution < 1.29 is 27.4 Å². The highest BCUT2D eigenvalue weighted by atomic mass is 32.2. The molecule has 1 amide bonds. The van der Waals surface area contributed by atoms with Gasteiger partial charge in [-0.3, -0.25) is 9.10 Å². The van der Waals surface area contributed by atoms with E-state index in [9.17, 15) is 13.2 Å². The van der Waals surface area contributed by atoms with Crippen LogP contribution in [-0.2, 0) is 10.0 Å². The number of amides is 1. The maximum absolute atomic E-state index is 12.5. The predicted molar refractivity (Wildman–Crippen MR) is 94.6 cm³/mol. The summed E-state index contributed by atoms with van der Waals surface area (Å²) >= 11 is 0. The van der Waals surface area contributed by atoms with Gasteiger partial charge in [0.05, 0.1) is 18.5 Å². The third kappa shape index (κ3) is 3.01. The van der Waals surface area contributed by atoms with E-state index in [1.54, 1.807) is 36.4 Å². The fourth-order valence-corrected chi connectivity index (χ4v) is 3.77. The van der Waals surface area contributed by atoms with Crippen LogP contribution in [0.2, 0.25) is 0 Å². The highest BCUT2D eigenvalue weighted by Crippen LogP contribution is 2.36. The van der Waals surface area contributed by atoms with Crippen molar-refractivity contribution in [2.75, 3.05) is 35.8 Å². The molecule has 26 heavy (non-hydrogen) atoms. The molecule has 0 spiro atoms. The minimum atomic E-state index is -3.38. The molecule has 0 aliphatic carbocycles. The van der Waals surface area contributed by atoms with Crippen molar-refractivity contribution in [3.05, 3.63) is 42.0 Å². The second-order valence-electron chi connectivity index (χ2n) is 5.89. The zero-order valence-corrected chi connectivity index (χ0v) is 14.7. The quantitative estimate of drug-likeness (QED) is 0.878. The molecule has 9 heteroatoms. The molecule has 0 bridgehead atoms. The Balaban J connectivity index is 1.57. The molecule has 0 atom stereocenters. The SMILES string of the molecule is CS(=O)(=O)N1CCOc2cc(NC(=O)c3ccc4c(c3)OCO4)ccc21. The highest BCUT2D eigenvalue weighted by molar-refractivity contribution is 7.92. The Morgan fingerprint density at radius 1 is 1.04 bits per heavy atom. The van der Waals surface area contributed by atoms with Crippen molar-refractivity contribution in [2.45, 2.75) is 0 Å². The normalized spacial score (nSPS) is 15.2. The van der Waals surface area contributed by atoms with E-state index in [2.05, 4.69) is 5.32 Å². The van der Waals surface area contributed by atoms with Gasteiger partial charge >= 0.3 is 0 Å². The van der Waals surface area contributed by atoms with Crippen molar-refractivity contribution >= 4 is 27.3 Å². The first-order valence-corrected chi connectivity index (χ1v) is 9.72. The van der Waals surface area contributed by atoms with Crippen LogP contribution in [0.25, 0.3) is 0 Å². The number of ether oxygens (including phenoxy) is 3. The van der Waals surface area contributed by atoms with Crippen molar-refractivity contribution in [1.82, 2.24) is 0 Å². The average Bonchev–Trinajstić information content (AvgIpc) is 3.07. The molecule has 0 unspecified atom stereocenters. The van der Waals surface area contributed by atoms with E-state index in [1.165, 1.54) is 4.31 Å². The summed E-state index contributed by atoms with van der Waals surface area (Å²) in [7, 11) is -3.38. The Morgan fingerprint density at radius 2 is 1.85 bits per heavy atom. The lowest BCUT2D eigenvalue weighted by Crippen LogP contribution is -2.37. The molecule has 2 aliphatic heterocycles. The fraction of sp³-hybridized carbons (Fsp3) is 0.235. The number of benzene rings is 2. The van der Waals surface area contributed by atoms with Gasteiger partial charge in [-0.15, -0.1) is 0 Å². The summed E-state index contributed by atoms with van der Waals surface area (Å²) in [6, 6.07) is 9.79. The van der Waals surface area contributed by atoms with Crippen molar-refractivity contribution in [3.63, 3.8) is 0 Å².